The van der Waals surface area contributed by atoms with Gasteiger partial charge in [-0.25, -0.2) is 9.97 Å². The maximum atomic E-state index is 12.9. The average molecular weight is 414 g/mol. The quantitative estimate of drug-likeness (QED) is 0.524. The summed E-state index contributed by atoms with van der Waals surface area (Å²) in [5.74, 6) is 1.91. The molecular weight excluding hydrogens is 392 g/mol. The minimum atomic E-state index is -0.205. The van der Waals surface area contributed by atoms with Crippen molar-refractivity contribution in [1.29, 1.82) is 0 Å². The Hall–Kier alpha value is -3.87. The molecule has 4 aromatic rings. The molecule has 0 radical (unpaired) electrons. The van der Waals surface area contributed by atoms with Crippen molar-refractivity contribution in [2.24, 2.45) is 0 Å². The molecule has 0 fully saturated rings. The predicted octanol–water partition coefficient (Wildman–Crippen LogP) is 4.70. The lowest BCUT2D eigenvalue weighted by Gasteiger charge is -2.19. The van der Waals surface area contributed by atoms with Gasteiger partial charge in [0.2, 0.25) is 0 Å². The molecule has 31 heavy (non-hydrogen) atoms. The number of hydrogen-bond donors (Lipinski definition) is 1. The Balaban J connectivity index is 1.46. The van der Waals surface area contributed by atoms with Crippen molar-refractivity contribution < 1.29 is 14.3 Å². The number of rotatable bonds is 4. The molecular formula is C24H22N4O3. The van der Waals surface area contributed by atoms with Gasteiger partial charge in [0, 0.05) is 35.1 Å². The number of ether oxygens (including phenoxy) is 2. The SMILES string of the molecule is CC(C)n1c(-c2cccc(C(=O)Nc3ccc4c(c3)OCCO4)c2)nc2cccnc21. The van der Waals surface area contributed by atoms with E-state index in [4.69, 9.17) is 14.5 Å². The number of carbonyl (C=O) groups is 1. The summed E-state index contributed by atoms with van der Waals surface area (Å²) in [5, 5.41) is 2.94. The van der Waals surface area contributed by atoms with Crippen LogP contribution in [-0.2, 0) is 0 Å². The monoisotopic (exact) mass is 414 g/mol. The van der Waals surface area contributed by atoms with Gasteiger partial charge in [-0.15, -0.1) is 0 Å². The van der Waals surface area contributed by atoms with Crippen LogP contribution in [0, 0.1) is 0 Å². The fourth-order valence-corrected chi connectivity index (χ4v) is 3.75. The first kappa shape index (κ1) is 19.1. The Morgan fingerprint density at radius 3 is 2.71 bits per heavy atom. The third-order valence-corrected chi connectivity index (χ3v) is 5.15. The van der Waals surface area contributed by atoms with Crippen molar-refractivity contribution in [3.63, 3.8) is 0 Å². The maximum absolute atomic E-state index is 12.9. The zero-order valence-corrected chi connectivity index (χ0v) is 17.3. The molecule has 3 heterocycles. The second-order valence-electron chi connectivity index (χ2n) is 7.64. The molecule has 156 valence electrons. The first-order valence-electron chi connectivity index (χ1n) is 10.2. The van der Waals surface area contributed by atoms with Gasteiger partial charge in [-0.05, 0) is 50.2 Å². The van der Waals surface area contributed by atoms with E-state index in [0.29, 0.717) is 36.0 Å². The van der Waals surface area contributed by atoms with Crippen LogP contribution >= 0.6 is 0 Å². The molecule has 1 aliphatic rings. The standard InChI is InChI=1S/C24H22N4O3/c1-15(2)28-22(27-19-7-4-10-25-23(19)28)16-5-3-6-17(13-16)24(29)26-18-8-9-20-21(14-18)31-12-11-30-20/h3-10,13-15H,11-12H2,1-2H3,(H,26,29). The first-order valence-corrected chi connectivity index (χ1v) is 10.2. The highest BCUT2D eigenvalue weighted by molar-refractivity contribution is 6.05. The number of benzene rings is 2. The fourth-order valence-electron chi connectivity index (χ4n) is 3.75. The van der Waals surface area contributed by atoms with Gasteiger partial charge >= 0.3 is 0 Å². The van der Waals surface area contributed by atoms with Crippen molar-refractivity contribution in [3.8, 4) is 22.9 Å². The van der Waals surface area contributed by atoms with Crippen LogP contribution in [-0.4, -0.2) is 33.7 Å². The number of carbonyl (C=O) groups excluding carboxylic acids is 1. The lowest BCUT2D eigenvalue weighted by molar-refractivity contribution is 0.102. The maximum Gasteiger partial charge on any atom is 0.255 e. The van der Waals surface area contributed by atoms with Gasteiger partial charge in [-0.1, -0.05) is 12.1 Å². The van der Waals surface area contributed by atoms with E-state index in [1.54, 1.807) is 30.5 Å². The molecule has 7 heteroatoms. The van der Waals surface area contributed by atoms with Crippen molar-refractivity contribution in [1.82, 2.24) is 14.5 Å². The molecule has 0 saturated heterocycles. The van der Waals surface area contributed by atoms with Gasteiger partial charge in [-0.2, -0.15) is 0 Å². The van der Waals surface area contributed by atoms with E-state index in [2.05, 4.69) is 28.7 Å². The number of amides is 1. The van der Waals surface area contributed by atoms with Crippen LogP contribution < -0.4 is 14.8 Å². The number of hydrogen-bond acceptors (Lipinski definition) is 5. The van der Waals surface area contributed by atoms with Crippen LogP contribution in [0.1, 0.15) is 30.2 Å². The molecule has 0 aliphatic carbocycles. The third-order valence-electron chi connectivity index (χ3n) is 5.15. The molecule has 1 amide bonds. The van der Waals surface area contributed by atoms with Gasteiger partial charge in [0.05, 0.1) is 0 Å². The summed E-state index contributed by atoms with van der Waals surface area (Å²) < 4.78 is 13.2. The van der Waals surface area contributed by atoms with Gasteiger partial charge in [0.25, 0.3) is 5.91 Å². The Kier molecular flexibility index (Phi) is 4.78. The molecule has 7 nitrogen and oxygen atoms in total. The number of fused-ring (bicyclic) bond motifs is 2. The van der Waals surface area contributed by atoms with Crippen molar-refractivity contribution in [3.05, 3.63) is 66.4 Å². The second kappa shape index (κ2) is 7.75. The highest BCUT2D eigenvalue weighted by atomic mass is 16.6. The van der Waals surface area contributed by atoms with E-state index in [1.807, 2.05) is 30.3 Å². The molecule has 0 saturated carbocycles. The Bertz CT molecular complexity index is 1280. The number of nitrogens with zero attached hydrogens (tertiary/aromatic N) is 3. The Morgan fingerprint density at radius 1 is 1.03 bits per heavy atom. The predicted molar refractivity (Wildman–Crippen MR) is 119 cm³/mol. The molecule has 2 aromatic heterocycles. The fraction of sp³-hybridized carbons (Fsp3) is 0.208. The normalized spacial score (nSPS) is 12.9. The smallest absolute Gasteiger partial charge is 0.255 e. The summed E-state index contributed by atoms with van der Waals surface area (Å²) >= 11 is 0. The Morgan fingerprint density at radius 2 is 1.87 bits per heavy atom. The van der Waals surface area contributed by atoms with Crippen molar-refractivity contribution in [2.75, 3.05) is 18.5 Å². The van der Waals surface area contributed by atoms with E-state index >= 15 is 0 Å². The number of aromatic nitrogens is 3. The van der Waals surface area contributed by atoms with Gasteiger partial charge in [0.1, 0.15) is 24.6 Å². The second-order valence-corrected chi connectivity index (χ2v) is 7.64. The number of pyridine rings is 1. The summed E-state index contributed by atoms with van der Waals surface area (Å²) in [5.41, 5.74) is 3.72. The molecule has 1 aliphatic heterocycles. The van der Waals surface area contributed by atoms with Crippen molar-refractivity contribution >= 4 is 22.8 Å². The lowest BCUT2D eigenvalue weighted by atomic mass is 10.1. The summed E-state index contributed by atoms with van der Waals surface area (Å²) in [6.45, 7) is 5.22. The van der Waals surface area contributed by atoms with Gasteiger partial charge in [-0.3, -0.25) is 4.79 Å². The average Bonchev–Trinajstić information content (AvgIpc) is 3.19. The number of nitrogens with one attached hydrogen (secondary N) is 1. The number of anilines is 1. The lowest BCUT2D eigenvalue weighted by Crippen LogP contribution is -2.16. The summed E-state index contributed by atoms with van der Waals surface area (Å²) in [6, 6.07) is 16.9. The summed E-state index contributed by atoms with van der Waals surface area (Å²) in [7, 11) is 0. The molecule has 5 rings (SSSR count). The zero-order chi connectivity index (χ0) is 21.4. The van der Waals surface area contributed by atoms with Crippen LogP contribution in [0.3, 0.4) is 0 Å². The number of imidazole rings is 1. The molecule has 0 atom stereocenters. The minimum Gasteiger partial charge on any atom is -0.486 e. The van der Waals surface area contributed by atoms with Crippen LogP contribution in [0.5, 0.6) is 11.5 Å². The van der Waals surface area contributed by atoms with Crippen molar-refractivity contribution in [2.45, 2.75) is 19.9 Å². The first-order chi connectivity index (χ1) is 15.1. The highest BCUT2D eigenvalue weighted by Gasteiger charge is 2.18. The largest absolute Gasteiger partial charge is 0.486 e. The third kappa shape index (κ3) is 3.59. The van der Waals surface area contributed by atoms with Crippen LogP contribution in [0.4, 0.5) is 5.69 Å². The Labute approximate surface area is 179 Å². The van der Waals surface area contributed by atoms with Gasteiger partial charge < -0.3 is 19.4 Å². The molecule has 0 unspecified atom stereocenters. The van der Waals surface area contributed by atoms with Crippen LogP contribution in [0.25, 0.3) is 22.6 Å². The molecule has 2 aromatic carbocycles. The highest BCUT2D eigenvalue weighted by Crippen LogP contribution is 2.33. The topological polar surface area (TPSA) is 78.3 Å². The van der Waals surface area contributed by atoms with Crippen LogP contribution in [0.15, 0.2) is 60.8 Å². The minimum absolute atomic E-state index is 0.171. The van der Waals surface area contributed by atoms with E-state index in [0.717, 1.165) is 22.6 Å². The molecule has 0 bridgehead atoms. The van der Waals surface area contributed by atoms with E-state index in [1.165, 1.54) is 0 Å². The van der Waals surface area contributed by atoms with Gasteiger partial charge in [0.15, 0.2) is 17.1 Å². The summed E-state index contributed by atoms with van der Waals surface area (Å²) in [4.78, 5) is 22.2. The molecule has 0 spiro atoms. The molecule has 1 N–H and O–H groups in total. The zero-order valence-electron chi connectivity index (χ0n) is 17.3. The van der Waals surface area contributed by atoms with Crippen LogP contribution in [0.2, 0.25) is 0 Å². The summed E-state index contributed by atoms with van der Waals surface area (Å²) in [6.07, 6.45) is 1.77. The van der Waals surface area contributed by atoms with E-state index < -0.39 is 0 Å². The van der Waals surface area contributed by atoms with E-state index in [9.17, 15) is 4.79 Å². The van der Waals surface area contributed by atoms with E-state index in [-0.39, 0.29) is 11.9 Å².